The second kappa shape index (κ2) is 4.82. The molecule has 3 aliphatic rings. The molecule has 3 aliphatic carbocycles. The van der Waals surface area contributed by atoms with Gasteiger partial charge >= 0.3 is 0 Å². The van der Waals surface area contributed by atoms with E-state index in [0.717, 1.165) is 43.1 Å². The van der Waals surface area contributed by atoms with Crippen LogP contribution in [0.15, 0.2) is 30.1 Å². The van der Waals surface area contributed by atoms with E-state index in [0.29, 0.717) is 24.0 Å². The SMILES string of the molecule is C[C@]12C/C(=C\F)[C@@H]3c4ccc(O)cc4CC[C@@H]3[C@@H]1CC[C@@H]2O. The molecule has 0 amide bonds. The molecule has 0 radical (unpaired) electrons. The fourth-order valence-electron chi connectivity index (χ4n) is 5.59. The maximum absolute atomic E-state index is 13.7. The quantitative estimate of drug-likeness (QED) is 0.758. The van der Waals surface area contributed by atoms with Crippen LogP contribution < -0.4 is 0 Å². The molecule has 0 spiro atoms. The number of rotatable bonds is 0. The lowest BCUT2D eigenvalue weighted by molar-refractivity contribution is -0.00332. The van der Waals surface area contributed by atoms with Crippen LogP contribution in [0.2, 0.25) is 0 Å². The molecular formula is C19H23FO2. The Bertz CT molecular complexity index is 638. The zero-order chi connectivity index (χ0) is 15.5. The minimum atomic E-state index is -0.311. The van der Waals surface area contributed by atoms with Crippen LogP contribution in [-0.2, 0) is 6.42 Å². The number of fused-ring (bicyclic) bond motifs is 5. The minimum Gasteiger partial charge on any atom is -0.508 e. The number of aliphatic hydroxyl groups excluding tert-OH is 1. The van der Waals surface area contributed by atoms with E-state index >= 15 is 0 Å². The van der Waals surface area contributed by atoms with Crippen LogP contribution in [0.3, 0.4) is 0 Å². The van der Waals surface area contributed by atoms with Crippen molar-refractivity contribution in [1.82, 2.24) is 0 Å². The Morgan fingerprint density at radius 1 is 1.27 bits per heavy atom. The number of phenolic OH excluding ortho intramolecular Hbond substituents is 1. The highest BCUT2D eigenvalue weighted by Gasteiger charge is 2.56. The lowest BCUT2D eigenvalue weighted by atomic mass is 9.54. The van der Waals surface area contributed by atoms with Crippen molar-refractivity contribution < 1.29 is 14.6 Å². The van der Waals surface area contributed by atoms with E-state index in [1.807, 2.05) is 12.1 Å². The molecule has 22 heavy (non-hydrogen) atoms. The molecule has 0 unspecified atom stereocenters. The number of allylic oxidation sites excluding steroid dienone is 1. The van der Waals surface area contributed by atoms with Gasteiger partial charge in [0, 0.05) is 11.3 Å². The van der Waals surface area contributed by atoms with Crippen LogP contribution in [0.4, 0.5) is 4.39 Å². The van der Waals surface area contributed by atoms with E-state index in [2.05, 4.69) is 6.92 Å². The zero-order valence-corrected chi connectivity index (χ0v) is 12.9. The Kier molecular flexibility index (Phi) is 3.12. The molecule has 118 valence electrons. The van der Waals surface area contributed by atoms with Gasteiger partial charge in [-0.1, -0.05) is 13.0 Å². The normalized spacial score (nSPS) is 41.9. The zero-order valence-electron chi connectivity index (χ0n) is 12.9. The molecule has 0 bridgehead atoms. The molecule has 2 saturated carbocycles. The summed E-state index contributed by atoms with van der Waals surface area (Å²) >= 11 is 0. The van der Waals surface area contributed by atoms with Gasteiger partial charge in [0.1, 0.15) is 5.75 Å². The van der Waals surface area contributed by atoms with Crippen molar-refractivity contribution in [2.75, 3.05) is 0 Å². The number of aryl methyl sites for hydroxylation is 1. The monoisotopic (exact) mass is 302 g/mol. The third kappa shape index (κ3) is 1.81. The van der Waals surface area contributed by atoms with Crippen LogP contribution in [0.1, 0.15) is 49.7 Å². The summed E-state index contributed by atoms with van der Waals surface area (Å²) in [7, 11) is 0. The summed E-state index contributed by atoms with van der Waals surface area (Å²) < 4.78 is 13.7. The van der Waals surface area contributed by atoms with Crippen molar-refractivity contribution in [1.29, 1.82) is 0 Å². The van der Waals surface area contributed by atoms with Gasteiger partial charge in [0.15, 0.2) is 0 Å². The van der Waals surface area contributed by atoms with Gasteiger partial charge in [0.2, 0.25) is 0 Å². The molecular weight excluding hydrogens is 279 g/mol. The van der Waals surface area contributed by atoms with Crippen LogP contribution in [0.25, 0.3) is 0 Å². The summed E-state index contributed by atoms with van der Waals surface area (Å²) in [6.07, 6.45) is 4.97. The van der Waals surface area contributed by atoms with E-state index in [1.165, 1.54) is 5.56 Å². The third-order valence-corrected chi connectivity index (χ3v) is 6.64. The summed E-state index contributed by atoms with van der Waals surface area (Å²) in [5.41, 5.74) is 2.99. The Labute approximate surface area is 130 Å². The molecule has 1 aromatic carbocycles. The molecule has 4 rings (SSSR count). The average Bonchev–Trinajstić information content (AvgIpc) is 2.81. The summed E-state index contributed by atoms with van der Waals surface area (Å²) in [6, 6.07) is 5.52. The summed E-state index contributed by atoms with van der Waals surface area (Å²) in [4.78, 5) is 0. The largest absolute Gasteiger partial charge is 0.508 e. The highest BCUT2D eigenvalue weighted by molar-refractivity contribution is 5.44. The summed E-state index contributed by atoms with van der Waals surface area (Å²) in [5, 5.41) is 20.1. The summed E-state index contributed by atoms with van der Waals surface area (Å²) in [6.45, 7) is 2.14. The van der Waals surface area contributed by atoms with Gasteiger partial charge in [0.05, 0.1) is 12.4 Å². The second-order valence-corrected chi connectivity index (χ2v) is 7.63. The molecule has 3 heteroatoms. The first kappa shape index (κ1) is 14.3. The number of halogens is 1. The molecule has 0 heterocycles. The first-order valence-electron chi connectivity index (χ1n) is 8.33. The van der Waals surface area contributed by atoms with Crippen molar-refractivity contribution in [2.45, 2.75) is 51.0 Å². The molecule has 0 aromatic heterocycles. The van der Waals surface area contributed by atoms with Crippen LogP contribution in [0, 0.1) is 17.3 Å². The summed E-state index contributed by atoms with van der Waals surface area (Å²) in [5.74, 6) is 1.30. The van der Waals surface area contributed by atoms with Crippen molar-refractivity contribution in [3.05, 3.63) is 41.2 Å². The van der Waals surface area contributed by atoms with Gasteiger partial charge in [-0.3, -0.25) is 0 Å². The first-order valence-corrected chi connectivity index (χ1v) is 8.33. The van der Waals surface area contributed by atoms with Crippen LogP contribution in [-0.4, -0.2) is 16.3 Å². The minimum absolute atomic E-state index is 0.123. The lowest BCUT2D eigenvalue weighted by Gasteiger charge is -2.51. The van der Waals surface area contributed by atoms with E-state index in [9.17, 15) is 14.6 Å². The smallest absolute Gasteiger partial charge is 0.115 e. The van der Waals surface area contributed by atoms with Gasteiger partial charge in [-0.2, -0.15) is 0 Å². The Balaban J connectivity index is 1.81. The molecule has 5 atom stereocenters. The van der Waals surface area contributed by atoms with E-state index in [4.69, 9.17) is 0 Å². The van der Waals surface area contributed by atoms with Gasteiger partial charge < -0.3 is 10.2 Å². The lowest BCUT2D eigenvalue weighted by Crippen LogP contribution is -2.45. The Morgan fingerprint density at radius 2 is 2.09 bits per heavy atom. The number of aliphatic hydroxyl groups is 1. The van der Waals surface area contributed by atoms with Crippen molar-refractivity contribution in [2.24, 2.45) is 17.3 Å². The predicted molar refractivity (Wildman–Crippen MR) is 83.3 cm³/mol. The molecule has 2 N–H and O–H groups in total. The van der Waals surface area contributed by atoms with Gasteiger partial charge in [0.25, 0.3) is 0 Å². The predicted octanol–water partition coefficient (Wildman–Crippen LogP) is 4.07. The van der Waals surface area contributed by atoms with E-state index < -0.39 is 0 Å². The highest BCUT2D eigenvalue weighted by atomic mass is 19.1. The average molecular weight is 302 g/mol. The van der Waals surface area contributed by atoms with Gasteiger partial charge in [-0.15, -0.1) is 0 Å². The number of hydrogen-bond donors (Lipinski definition) is 2. The number of hydrogen-bond acceptors (Lipinski definition) is 2. The van der Waals surface area contributed by atoms with Gasteiger partial charge in [-0.25, -0.2) is 4.39 Å². The fraction of sp³-hybridized carbons (Fsp3) is 0.579. The van der Waals surface area contributed by atoms with Crippen molar-refractivity contribution in [3.8, 4) is 5.75 Å². The Hall–Kier alpha value is -1.35. The fourth-order valence-corrected chi connectivity index (χ4v) is 5.59. The van der Waals surface area contributed by atoms with E-state index in [1.54, 1.807) is 6.07 Å². The molecule has 2 nitrogen and oxygen atoms in total. The highest BCUT2D eigenvalue weighted by Crippen LogP contribution is 2.62. The molecule has 0 saturated heterocycles. The maximum Gasteiger partial charge on any atom is 0.115 e. The number of aromatic hydroxyl groups is 1. The standard InChI is InChI=1S/C19H23FO2/c1-19-9-12(10-20)18-14-5-3-13(21)8-11(14)2-4-15(18)16(19)6-7-17(19)22/h3,5,8,10,15-18,21-22H,2,4,6-7,9H2,1H3/b12-10+/t15-,16+,17+,18-,19+/m1/s1. The third-order valence-electron chi connectivity index (χ3n) is 6.64. The van der Waals surface area contributed by atoms with Crippen molar-refractivity contribution in [3.63, 3.8) is 0 Å². The number of phenols is 1. The van der Waals surface area contributed by atoms with E-state index in [-0.39, 0.29) is 17.4 Å². The first-order chi connectivity index (χ1) is 10.5. The molecule has 2 fully saturated rings. The molecule has 0 aliphatic heterocycles. The molecule has 1 aromatic rings. The maximum atomic E-state index is 13.7. The number of benzene rings is 1. The second-order valence-electron chi connectivity index (χ2n) is 7.63. The van der Waals surface area contributed by atoms with Crippen LogP contribution >= 0.6 is 0 Å². The topological polar surface area (TPSA) is 40.5 Å². The van der Waals surface area contributed by atoms with Gasteiger partial charge in [-0.05, 0) is 72.8 Å². The Morgan fingerprint density at radius 3 is 2.86 bits per heavy atom. The van der Waals surface area contributed by atoms with Crippen molar-refractivity contribution >= 4 is 0 Å². The van der Waals surface area contributed by atoms with Crippen LogP contribution in [0.5, 0.6) is 5.75 Å².